The number of benzene rings is 1. The molecule has 11 heteroatoms. The van der Waals surface area contributed by atoms with E-state index in [4.69, 9.17) is 17.3 Å². The van der Waals surface area contributed by atoms with Gasteiger partial charge in [-0.1, -0.05) is 17.7 Å². The van der Waals surface area contributed by atoms with Crippen molar-refractivity contribution in [2.45, 2.75) is 44.2 Å². The van der Waals surface area contributed by atoms with Crippen LogP contribution in [-0.4, -0.2) is 48.3 Å². The molecule has 174 valence electrons. The number of sulfonamides is 1. The molecule has 0 aliphatic carbocycles. The molecule has 3 N–H and O–H groups in total. The van der Waals surface area contributed by atoms with Crippen LogP contribution in [0.3, 0.4) is 0 Å². The fourth-order valence-corrected chi connectivity index (χ4v) is 4.66. The number of aromatic nitrogens is 2. The average molecular weight is 495 g/mol. The molecule has 2 aromatic rings. The van der Waals surface area contributed by atoms with Crippen LogP contribution < -0.4 is 5.73 Å². The normalized spacial score (nSPS) is 12.9. The fraction of sp³-hybridized carbons (Fsp3) is 0.450. The van der Waals surface area contributed by atoms with Gasteiger partial charge in [-0.3, -0.25) is 4.68 Å². The molecule has 0 saturated carbocycles. The van der Waals surface area contributed by atoms with Crippen LogP contribution in [0, 0.1) is 6.92 Å². The Balaban J connectivity index is 0.00000480. The van der Waals surface area contributed by atoms with Crippen molar-refractivity contribution in [3.63, 3.8) is 0 Å². The van der Waals surface area contributed by atoms with E-state index in [2.05, 4.69) is 5.10 Å². The number of aryl methyl sites for hydroxylation is 1. The number of nitrogens with zero attached hydrogens (tertiary/aromatic N) is 3. The summed E-state index contributed by atoms with van der Waals surface area (Å²) in [5.74, 6) is -0.446. The number of hydrogen-bond donors (Lipinski definition) is 2. The monoisotopic (exact) mass is 494 g/mol. The smallest absolute Gasteiger partial charge is 0.244 e. The molecule has 0 unspecified atom stereocenters. The molecule has 0 amide bonds. The molecule has 0 radical (unpaired) electrons. The van der Waals surface area contributed by atoms with E-state index >= 15 is 0 Å². The molecule has 2 rings (SSSR count). The number of aliphatic hydroxyl groups is 1. The second-order valence-corrected chi connectivity index (χ2v) is 10.3. The van der Waals surface area contributed by atoms with Gasteiger partial charge in [0.25, 0.3) is 0 Å². The van der Waals surface area contributed by atoms with E-state index < -0.39 is 21.5 Å². The largest absolute Gasteiger partial charge is 0.384 e. The lowest BCUT2D eigenvalue weighted by atomic mass is 9.95. The van der Waals surface area contributed by atoms with E-state index in [9.17, 15) is 17.9 Å². The number of hydrogen-bond acceptors (Lipinski definition) is 5. The minimum atomic E-state index is -3.66. The lowest BCUT2D eigenvalue weighted by Gasteiger charge is -2.21. The summed E-state index contributed by atoms with van der Waals surface area (Å²) in [5.41, 5.74) is 6.66. The first kappa shape index (κ1) is 27.5. The first-order valence-electron chi connectivity index (χ1n) is 9.33. The minimum Gasteiger partial charge on any atom is -0.384 e. The molecular formula is C20H29Cl2FN4O3S. The van der Waals surface area contributed by atoms with E-state index in [1.807, 2.05) is 0 Å². The Morgan fingerprint density at radius 3 is 2.48 bits per heavy atom. The summed E-state index contributed by atoms with van der Waals surface area (Å²) in [4.78, 5) is 0.0158. The summed E-state index contributed by atoms with van der Waals surface area (Å²) in [6.45, 7) is 4.91. The van der Waals surface area contributed by atoms with Gasteiger partial charge in [0.05, 0.1) is 23.0 Å². The minimum absolute atomic E-state index is 0. The highest BCUT2D eigenvalue weighted by atomic mass is 35.5. The quantitative estimate of drug-likeness (QED) is 0.586. The van der Waals surface area contributed by atoms with Crippen LogP contribution in [0.2, 0.25) is 5.02 Å². The SMILES string of the molecule is Cc1nn(C/C(F)=C/CN)c(C(C)(C)O)c1Cc1ccc(S(=O)(=O)N(C)C)c(Cl)c1.Cl. The highest BCUT2D eigenvalue weighted by molar-refractivity contribution is 7.89. The maximum Gasteiger partial charge on any atom is 0.244 e. The maximum atomic E-state index is 14.1. The van der Waals surface area contributed by atoms with E-state index in [0.29, 0.717) is 17.8 Å². The van der Waals surface area contributed by atoms with Crippen LogP contribution in [0.25, 0.3) is 0 Å². The summed E-state index contributed by atoms with van der Waals surface area (Å²) in [6.07, 6.45) is 1.60. The first-order chi connectivity index (χ1) is 13.8. The number of nitrogens with two attached hydrogens (primary N) is 1. The Bertz CT molecular complexity index is 1060. The Morgan fingerprint density at radius 2 is 2.00 bits per heavy atom. The molecule has 0 spiro atoms. The Morgan fingerprint density at radius 1 is 1.39 bits per heavy atom. The summed E-state index contributed by atoms with van der Waals surface area (Å²) in [5, 5.41) is 15.2. The molecule has 0 atom stereocenters. The summed E-state index contributed by atoms with van der Waals surface area (Å²) in [6, 6.07) is 4.71. The molecule has 0 saturated heterocycles. The Labute approximate surface area is 194 Å². The third kappa shape index (κ3) is 6.27. The van der Waals surface area contributed by atoms with Crippen molar-refractivity contribution in [3.05, 3.63) is 57.6 Å². The molecule has 1 heterocycles. The van der Waals surface area contributed by atoms with Crippen LogP contribution in [0.5, 0.6) is 0 Å². The lowest BCUT2D eigenvalue weighted by Crippen LogP contribution is -2.24. The standard InChI is InChI=1S/C20H28ClFN4O3S.ClH/c1-13-16(19(20(2,3)27)26(24-13)12-15(22)8-9-23)10-14-6-7-18(17(21)11-14)30(28,29)25(4)5;/h6-8,11,27H,9-10,12,23H2,1-5H3;1H/b15-8-;. The van der Waals surface area contributed by atoms with Gasteiger partial charge in [0, 0.05) is 32.6 Å². The van der Waals surface area contributed by atoms with Crippen molar-refractivity contribution in [1.82, 2.24) is 14.1 Å². The average Bonchev–Trinajstić information content (AvgIpc) is 2.89. The molecule has 7 nitrogen and oxygen atoms in total. The zero-order valence-electron chi connectivity index (χ0n) is 18.2. The van der Waals surface area contributed by atoms with Crippen molar-refractivity contribution in [2.24, 2.45) is 5.73 Å². The van der Waals surface area contributed by atoms with Gasteiger partial charge in [-0.25, -0.2) is 17.1 Å². The third-order valence-corrected chi connectivity index (χ3v) is 6.90. The molecule has 1 aromatic carbocycles. The van der Waals surface area contributed by atoms with Gasteiger partial charge in [0.15, 0.2) is 0 Å². The fourth-order valence-electron chi connectivity index (χ4n) is 3.23. The van der Waals surface area contributed by atoms with Gasteiger partial charge in [0.1, 0.15) is 16.3 Å². The second kappa shape index (κ2) is 10.4. The number of rotatable bonds is 8. The van der Waals surface area contributed by atoms with Gasteiger partial charge in [-0.15, -0.1) is 12.4 Å². The molecule has 1 aromatic heterocycles. The zero-order valence-corrected chi connectivity index (χ0v) is 20.6. The van der Waals surface area contributed by atoms with Crippen molar-refractivity contribution in [2.75, 3.05) is 20.6 Å². The van der Waals surface area contributed by atoms with Crippen molar-refractivity contribution >= 4 is 34.0 Å². The van der Waals surface area contributed by atoms with Gasteiger partial charge < -0.3 is 10.8 Å². The highest BCUT2D eigenvalue weighted by Gasteiger charge is 2.29. The highest BCUT2D eigenvalue weighted by Crippen LogP contribution is 2.31. The van der Waals surface area contributed by atoms with Crippen LogP contribution in [0.4, 0.5) is 4.39 Å². The molecule has 31 heavy (non-hydrogen) atoms. The van der Waals surface area contributed by atoms with E-state index in [-0.39, 0.29) is 35.4 Å². The van der Waals surface area contributed by atoms with E-state index in [1.54, 1.807) is 32.9 Å². The lowest BCUT2D eigenvalue weighted by molar-refractivity contribution is 0.0676. The number of allylic oxidation sites excluding steroid dienone is 1. The molecule has 0 aliphatic rings. The van der Waals surface area contributed by atoms with E-state index in [1.165, 1.54) is 30.9 Å². The summed E-state index contributed by atoms with van der Waals surface area (Å²) < 4.78 is 41.3. The Hall–Kier alpha value is -1.49. The topological polar surface area (TPSA) is 101 Å². The van der Waals surface area contributed by atoms with Gasteiger partial charge >= 0.3 is 0 Å². The summed E-state index contributed by atoms with van der Waals surface area (Å²) in [7, 11) is -0.793. The molecule has 0 fully saturated rings. The van der Waals surface area contributed by atoms with Crippen LogP contribution >= 0.6 is 24.0 Å². The van der Waals surface area contributed by atoms with Crippen LogP contribution in [0.15, 0.2) is 35.0 Å². The first-order valence-corrected chi connectivity index (χ1v) is 11.2. The van der Waals surface area contributed by atoms with Crippen molar-refractivity contribution in [3.8, 4) is 0 Å². The third-order valence-electron chi connectivity index (χ3n) is 4.61. The molecular weight excluding hydrogens is 466 g/mol. The Kier molecular flexibility index (Phi) is 9.26. The molecule has 0 bridgehead atoms. The van der Waals surface area contributed by atoms with Crippen LogP contribution in [-0.2, 0) is 28.6 Å². The van der Waals surface area contributed by atoms with Crippen LogP contribution in [0.1, 0.15) is 36.4 Å². The molecule has 0 aliphatic heterocycles. The number of halogens is 3. The van der Waals surface area contributed by atoms with Gasteiger partial charge in [-0.2, -0.15) is 5.10 Å². The summed E-state index contributed by atoms with van der Waals surface area (Å²) >= 11 is 6.26. The maximum absolute atomic E-state index is 14.1. The van der Waals surface area contributed by atoms with E-state index in [0.717, 1.165) is 15.4 Å². The second-order valence-electron chi connectivity index (χ2n) is 7.74. The predicted molar refractivity (Wildman–Crippen MR) is 123 cm³/mol. The zero-order chi connectivity index (χ0) is 22.9. The van der Waals surface area contributed by atoms with Gasteiger partial charge in [-0.05, 0) is 44.5 Å². The van der Waals surface area contributed by atoms with Crippen molar-refractivity contribution in [1.29, 1.82) is 0 Å². The van der Waals surface area contributed by atoms with Gasteiger partial charge in [0.2, 0.25) is 10.0 Å². The predicted octanol–water partition coefficient (Wildman–Crippen LogP) is 3.15. The van der Waals surface area contributed by atoms with Crippen molar-refractivity contribution < 1.29 is 17.9 Å².